The third kappa shape index (κ3) is 7.38. The molecule has 8 nitrogen and oxygen atoms in total. The zero-order valence-corrected chi connectivity index (χ0v) is 23.4. The molecule has 0 saturated heterocycles. The molecule has 210 valence electrons. The molecule has 1 heterocycles. The minimum atomic E-state index is -0.395. The molecule has 0 aliphatic heterocycles. The van der Waals surface area contributed by atoms with Gasteiger partial charge in [0.25, 0.3) is 0 Å². The number of esters is 2. The van der Waals surface area contributed by atoms with Gasteiger partial charge in [0, 0.05) is 18.5 Å². The molecule has 1 amide bonds. The van der Waals surface area contributed by atoms with Gasteiger partial charge in [0.05, 0.1) is 30.8 Å². The zero-order valence-electron chi connectivity index (χ0n) is 23.7. The van der Waals surface area contributed by atoms with Crippen LogP contribution in [-0.2, 0) is 19.1 Å². The molecule has 1 saturated carbocycles. The van der Waals surface area contributed by atoms with Crippen LogP contribution in [0.25, 0.3) is 22.4 Å². The molecule has 1 aromatic heterocycles. The predicted molar refractivity (Wildman–Crippen MR) is 147 cm³/mol. The lowest BCUT2D eigenvalue weighted by atomic mass is 9.83. The SMILES string of the molecule is COC(=O)CCCCCNC(=O)C(C1CCCCC1)n1c(-c2ccc(C(=O)OC)cc2)nc2ccccc21.[Cl-].[H+]. The number of ether oxygens (including phenoxy) is 2. The number of nitrogens with one attached hydrogen (secondary N) is 1. The molecule has 1 aliphatic rings. The lowest BCUT2D eigenvalue weighted by molar-refractivity contribution is -0.140. The number of imidazole rings is 1. The van der Waals surface area contributed by atoms with Crippen LogP contribution in [0.5, 0.6) is 0 Å². The summed E-state index contributed by atoms with van der Waals surface area (Å²) in [6.07, 6.45) is 8.17. The molecular formula is C30H38ClN3O5. The van der Waals surface area contributed by atoms with Gasteiger partial charge in [-0.15, -0.1) is 0 Å². The van der Waals surface area contributed by atoms with Gasteiger partial charge in [-0.1, -0.05) is 49.9 Å². The number of carbonyl (C=O) groups excluding carboxylic acids is 3. The number of para-hydroxylation sites is 2. The van der Waals surface area contributed by atoms with Gasteiger partial charge in [0.1, 0.15) is 11.9 Å². The van der Waals surface area contributed by atoms with Crippen LogP contribution in [0.3, 0.4) is 0 Å². The highest BCUT2D eigenvalue weighted by Crippen LogP contribution is 2.38. The van der Waals surface area contributed by atoms with Crippen molar-refractivity contribution in [3.63, 3.8) is 0 Å². The Labute approximate surface area is 237 Å². The maximum Gasteiger partial charge on any atom is 1.00 e. The first kappa shape index (κ1) is 30.2. The second-order valence-electron chi connectivity index (χ2n) is 9.88. The highest BCUT2D eigenvalue weighted by Gasteiger charge is 2.34. The molecule has 1 aliphatic carbocycles. The van der Waals surface area contributed by atoms with Crippen LogP contribution >= 0.6 is 0 Å². The van der Waals surface area contributed by atoms with Crippen molar-refractivity contribution in [2.45, 2.75) is 63.8 Å². The van der Waals surface area contributed by atoms with Crippen molar-refractivity contribution in [2.75, 3.05) is 20.8 Å². The number of rotatable bonds is 11. The standard InChI is InChI=1S/C30H37N3O5.ClH/c1-37-26(34)15-7-4-10-20-31-29(35)27(21-11-5-3-6-12-21)33-25-14-9-8-13-24(25)32-28(33)22-16-18-23(19-17-22)30(36)38-2;/h8-9,13-14,16-19,21,27H,3-7,10-12,15,20H2,1-2H3,(H,31,35);1H. The van der Waals surface area contributed by atoms with Gasteiger partial charge in [-0.2, -0.15) is 0 Å². The molecule has 1 unspecified atom stereocenters. The Hall–Kier alpha value is -3.39. The first-order valence-corrected chi connectivity index (χ1v) is 13.5. The number of benzene rings is 2. The van der Waals surface area contributed by atoms with Gasteiger partial charge in [0.15, 0.2) is 0 Å². The molecule has 4 rings (SSSR count). The van der Waals surface area contributed by atoms with E-state index >= 15 is 0 Å². The summed E-state index contributed by atoms with van der Waals surface area (Å²) >= 11 is 0. The normalized spacial score (nSPS) is 14.3. The number of halogens is 1. The number of aromatic nitrogens is 2. The monoisotopic (exact) mass is 555 g/mol. The van der Waals surface area contributed by atoms with E-state index in [0.29, 0.717) is 24.4 Å². The van der Waals surface area contributed by atoms with Crippen molar-refractivity contribution in [1.29, 1.82) is 0 Å². The van der Waals surface area contributed by atoms with E-state index in [1.807, 2.05) is 36.4 Å². The Balaban J connectivity index is 0.00000280. The summed E-state index contributed by atoms with van der Waals surface area (Å²) in [5.74, 6) is 0.322. The van der Waals surface area contributed by atoms with Crippen molar-refractivity contribution >= 4 is 28.9 Å². The van der Waals surface area contributed by atoms with Gasteiger partial charge in [-0.05, 0) is 55.9 Å². The molecule has 1 atom stereocenters. The predicted octanol–water partition coefficient (Wildman–Crippen LogP) is 2.58. The number of hydrogen-bond acceptors (Lipinski definition) is 6. The number of amides is 1. The maximum atomic E-state index is 13.8. The Kier molecular flexibility index (Phi) is 11.3. The average Bonchev–Trinajstić information content (AvgIpc) is 3.34. The van der Waals surface area contributed by atoms with E-state index in [4.69, 9.17) is 14.5 Å². The van der Waals surface area contributed by atoms with E-state index in [1.165, 1.54) is 20.6 Å². The Bertz CT molecular complexity index is 1260. The summed E-state index contributed by atoms with van der Waals surface area (Å²) in [6.45, 7) is 0.555. The number of fused-ring (bicyclic) bond motifs is 1. The van der Waals surface area contributed by atoms with Crippen molar-refractivity contribution in [3.05, 3.63) is 54.1 Å². The molecule has 39 heavy (non-hydrogen) atoms. The molecular weight excluding hydrogens is 518 g/mol. The van der Waals surface area contributed by atoms with Crippen LogP contribution < -0.4 is 17.7 Å². The van der Waals surface area contributed by atoms with E-state index in [-0.39, 0.29) is 31.6 Å². The second kappa shape index (κ2) is 14.7. The fourth-order valence-electron chi connectivity index (χ4n) is 5.38. The van der Waals surface area contributed by atoms with Gasteiger partial charge >= 0.3 is 13.4 Å². The van der Waals surface area contributed by atoms with Crippen LogP contribution in [0.15, 0.2) is 48.5 Å². The minimum Gasteiger partial charge on any atom is -1.00 e. The third-order valence-electron chi connectivity index (χ3n) is 7.39. The first-order valence-electron chi connectivity index (χ1n) is 13.5. The largest absolute Gasteiger partial charge is 1.00 e. The van der Waals surface area contributed by atoms with E-state index in [9.17, 15) is 14.4 Å². The van der Waals surface area contributed by atoms with Gasteiger partial charge < -0.3 is 31.8 Å². The zero-order chi connectivity index (χ0) is 26.9. The molecule has 0 radical (unpaired) electrons. The lowest BCUT2D eigenvalue weighted by Crippen LogP contribution is -3.00. The number of methoxy groups -OCH3 is 2. The van der Waals surface area contributed by atoms with E-state index in [0.717, 1.165) is 61.5 Å². The molecule has 2 aromatic carbocycles. The fourth-order valence-corrected chi connectivity index (χ4v) is 5.38. The van der Waals surface area contributed by atoms with E-state index in [2.05, 4.69) is 9.88 Å². The summed E-state index contributed by atoms with van der Waals surface area (Å²) < 4.78 is 11.7. The number of hydrogen-bond donors (Lipinski definition) is 1. The summed E-state index contributed by atoms with van der Waals surface area (Å²) in [4.78, 5) is 42.1. The van der Waals surface area contributed by atoms with Gasteiger partial charge in [0.2, 0.25) is 5.91 Å². The Morgan fingerprint density at radius 3 is 2.38 bits per heavy atom. The molecule has 0 spiro atoms. The van der Waals surface area contributed by atoms with E-state index in [1.54, 1.807) is 12.1 Å². The third-order valence-corrected chi connectivity index (χ3v) is 7.39. The fraction of sp³-hybridized carbons (Fsp3) is 0.467. The Morgan fingerprint density at radius 2 is 1.69 bits per heavy atom. The quantitative estimate of drug-likeness (QED) is 0.288. The van der Waals surface area contributed by atoms with Crippen LogP contribution in [0.2, 0.25) is 0 Å². The van der Waals surface area contributed by atoms with Crippen molar-refractivity contribution in [3.8, 4) is 11.4 Å². The van der Waals surface area contributed by atoms with Crippen molar-refractivity contribution in [1.82, 2.24) is 14.9 Å². The van der Waals surface area contributed by atoms with Gasteiger partial charge in [-0.25, -0.2) is 9.78 Å². The molecule has 1 fully saturated rings. The molecule has 1 N–H and O–H groups in total. The Morgan fingerprint density at radius 1 is 0.974 bits per heavy atom. The second-order valence-corrected chi connectivity index (χ2v) is 9.88. The molecule has 3 aromatic rings. The van der Waals surface area contributed by atoms with Crippen molar-refractivity contribution < 1.29 is 37.7 Å². The lowest BCUT2D eigenvalue weighted by Gasteiger charge is -2.32. The summed E-state index contributed by atoms with van der Waals surface area (Å²) in [5.41, 5.74) is 3.05. The number of nitrogens with zero attached hydrogens (tertiary/aromatic N) is 2. The number of unbranched alkanes of at least 4 members (excludes halogenated alkanes) is 2. The number of carbonyl (C=O) groups is 3. The van der Waals surface area contributed by atoms with Gasteiger partial charge in [-0.3, -0.25) is 9.59 Å². The summed E-state index contributed by atoms with van der Waals surface area (Å²) in [6, 6.07) is 14.7. The van der Waals surface area contributed by atoms with E-state index < -0.39 is 12.0 Å². The van der Waals surface area contributed by atoms with Crippen molar-refractivity contribution in [2.24, 2.45) is 5.92 Å². The van der Waals surface area contributed by atoms with Crippen LogP contribution in [0, 0.1) is 5.92 Å². The molecule has 9 heteroatoms. The van der Waals surface area contributed by atoms with Crippen LogP contribution in [-0.4, -0.2) is 48.2 Å². The highest BCUT2D eigenvalue weighted by molar-refractivity contribution is 5.91. The van der Waals surface area contributed by atoms with Crippen LogP contribution in [0.4, 0.5) is 0 Å². The highest BCUT2D eigenvalue weighted by atomic mass is 35.5. The maximum absolute atomic E-state index is 13.8. The minimum absolute atomic E-state index is 0. The summed E-state index contributed by atoms with van der Waals surface area (Å²) in [7, 11) is 2.76. The first-order chi connectivity index (χ1) is 18.5. The molecule has 0 bridgehead atoms. The summed E-state index contributed by atoms with van der Waals surface area (Å²) in [5, 5.41) is 3.18. The smallest absolute Gasteiger partial charge is 1.00 e. The topological polar surface area (TPSA) is 99.5 Å². The average molecular weight is 556 g/mol. The van der Waals surface area contributed by atoms with Crippen LogP contribution in [0.1, 0.15) is 75.6 Å².